The van der Waals surface area contributed by atoms with E-state index in [4.69, 9.17) is 5.73 Å². The van der Waals surface area contributed by atoms with E-state index in [0.29, 0.717) is 0 Å². The van der Waals surface area contributed by atoms with Gasteiger partial charge in [-0.3, -0.25) is 0 Å². The number of aryl methyl sites for hydroxylation is 1. The molecule has 0 aromatic carbocycles. The first-order valence-corrected chi connectivity index (χ1v) is 7.77. The fourth-order valence-electron chi connectivity index (χ4n) is 2.59. The highest BCUT2D eigenvalue weighted by atomic mass is 32.1. The van der Waals surface area contributed by atoms with Crippen LogP contribution in [0.2, 0.25) is 0 Å². The average Bonchev–Trinajstić information content (AvgIpc) is 2.82. The molecule has 0 aliphatic heterocycles. The van der Waals surface area contributed by atoms with Gasteiger partial charge >= 0.3 is 0 Å². The van der Waals surface area contributed by atoms with E-state index >= 15 is 0 Å². The van der Waals surface area contributed by atoms with Gasteiger partial charge in [0.15, 0.2) is 0 Å². The first-order chi connectivity index (χ1) is 8.65. The van der Waals surface area contributed by atoms with Gasteiger partial charge < -0.3 is 10.8 Å². The van der Waals surface area contributed by atoms with Crippen LogP contribution in [-0.4, -0.2) is 20.9 Å². The molecule has 3 N–H and O–H groups in total. The standard InChI is InChI=1S/C13H23N3OS/c1-2-10-15-16-12(18-10)11(14)13(17)8-6-4-3-5-7-9-13/h11,17H,2-9,14H2,1H3. The van der Waals surface area contributed by atoms with Gasteiger partial charge in [0, 0.05) is 0 Å². The minimum absolute atomic E-state index is 0.381. The molecule has 1 saturated carbocycles. The Bertz CT molecular complexity index is 372. The highest BCUT2D eigenvalue weighted by molar-refractivity contribution is 7.11. The van der Waals surface area contributed by atoms with Crippen molar-refractivity contribution >= 4 is 11.3 Å². The van der Waals surface area contributed by atoms with Crippen LogP contribution in [0.5, 0.6) is 0 Å². The lowest BCUT2D eigenvalue weighted by atomic mass is 9.82. The van der Waals surface area contributed by atoms with Crippen molar-refractivity contribution in [3.05, 3.63) is 10.0 Å². The first-order valence-electron chi connectivity index (χ1n) is 6.96. The quantitative estimate of drug-likeness (QED) is 0.884. The van der Waals surface area contributed by atoms with E-state index in [1.54, 1.807) is 0 Å². The smallest absolute Gasteiger partial charge is 0.137 e. The fourth-order valence-corrected chi connectivity index (χ4v) is 3.49. The number of nitrogens with two attached hydrogens (primary N) is 1. The highest BCUT2D eigenvalue weighted by Gasteiger charge is 2.37. The Morgan fingerprint density at radius 3 is 2.39 bits per heavy atom. The summed E-state index contributed by atoms with van der Waals surface area (Å²) in [5, 5.41) is 20.8. The number of rotatable bonds is 3. The summed E-state index contributed by atoms with van der Waals surface area (Å²) in [7, 11) is 0. The van der Waals surface area contributed by atoms with Gasteiger partial charge in [-0.05, 0) is 19.3 Å². The molecule has 0 amide bonds. The maximum Gasteiger partial charge on any atom is 0.137 e. The maximum atomic E-state index is 10.8. The second kappa shape index (κ2) is 6.08. The zero-order valence-electron chi connectivity index (χ0n) is 11.1. The van der Waals surface area contributed by atoms with E-state index in [1.807, 2.05) is 0 Å². The lowest BCUT2D eigenvalue weighted by Crippen LogP contribution is -2.41. The first kappa shape index (κ1) is 13.9. The number of aliphatic hydroxyl groups is 1. The summed E-state index contributed by atoms with van der Waals surface area (Å²) in [6.45, 7) is 2.06. The molecule has 0 spiro atoms. The molecule has 0 saturated heterocycles. The molecule has 102 valence electrons. The number of nitrogens with zero attached hydrogens (tertiary/aromatic N) is 2. The molecule has 18 heavy (non-hydrogen) atoms. The summed E-state index contributed by atoms with van der Waals surface area (Å²) in [5.41, 5.74) is 5.46. The van der Waals surface area contributed by atoms with E-state index in [9.17, 15) is 5.11 Å². The summed E-state index contributed by atoms with van der Waals surface area (Å²) < 4.78 is 0. The van der Waals surface area contributed by atoms with Crippen LogP contribution in [0.1, 0.15) is 67.9 Å². The fraction of sp³-hybridized carbons (Fsp3) is 0.846. The SMILES string of the molecule is CCc1nnc(C(N)C2(O)CCCCCCC2)s1. The van der Waals surface area contributed by atoms with Gasteiger partial charge in [-0.1, -0.05) is 50.4 Å². The molecule has 4 nitrogen and oxygen atoms in total. The average molecular weight is 269 g/mol. The Balaban J connectivity index is 2.11. The van der Waals surface area contributed by atoms with E-state index in [0.717, 1.165) is 42.1 Å². The van der Waals surface area contributed by atoms with Gasteiger partial charge in [0.25, 0.3) is 0 Å². The lowest BCUT2D eigenvalue weighted by Gasteiger charge is -2.34. The summed E-state index contributed by atoms with van der Waals surface area (Å²) in [4.78, 5) is 0. The van der Waals surface area contributed by atoms with Crippen molar-refractivity contribution in [3.8, 4) is 0 Å². The molecule has 1 aliphatic rings. The zero-order valence-corrected chi connectivity index (χ0v) is 11.9. The van der Waals surface area contributed by atoms with Crippen molar-refractivity contribution in [2.75, 3.05) is 0 Å². The van der Waals surface area contributed by atoms with Gasteiger partial charge in [0.2, 0.25) is 0 Å². The van der Waals surface area contributed by atoms with Gasteiger partial charge in [-0.2, -0.15) is 0 Å². The van der Waals surface area contributed by atoms with E-state index in [1.165, 1.54) is 30.6 Å². The molecule has 0 radical (unpaired) electrons. The van der Waals surface area contributed by atoms with Crippen LogP contribution in [0.4, 0.5) is 0 Å². The van der Waals surface area contributed by atoms with Gasteiger partial charge in [0.05, 0.1) is 11.6 Å². The molecule has 0 bridgehead atoms. The second-order valence-electron chi connectivity index (χ2n) is 5.24. The summed E-state index contributed by atoms with van der Waals surface area (Å²) in [5.74, 6) is 0. The molecule has 1 fully saturated rings. The molecule has 1 aromatic heterocycles. The van der Waals surface area contributed by atoms with Crippen LogP contribution in [0.15, 0.2) is 0 Å². The Morgan fingerprint density at radius 2 is 1.83 bits per heavy atom. The predicted octanol–water partition coefficient (Wildman–Crippen LogP) is 2.58. The Hall–Kier alpha value is -0.520. The van der Waals surface area contributed by atoms with Crippen molar-refractivity contribution in [2.45, 2.75) is 69.9 Å². The molecule has 1 aromatic rings. The third-order valence-electron chi connectivity index (χ3n) is 3.85. The van der Waals surface area contributed by atoms with Crippen LogP contribution in [-0.2, 0) is 6.42 Å². The minimum Gasteiger partial charge on any atom is -0.388 e. The second-order valence-corrected chi connectivity index (χ2v) is 6.33. The molecule has 1 heterocycles. The molecule has 1 unspecified atom stereocenters. The molecular weight excluding hydrogens is 246 g/mol. The molecule has 5 heteroatoms. The normalized spacial score (nSPS) is 22.2. The Morgan fingerprint density at radius 1 is 1.22 bits per heavy atom. The minimum atomic E-state index is -0.787. The Kier molecular flexibility index (Phi) is 4.70. The van der Waals surface area contributed by atoms with E-state index in [-0.39, 0.29) is 6.04 Å². The van der Waals surface area contributed by atoms with E-state index in [2.05, 4.69) is 17.1 Å². The zero-order chi connectivity index (χ0) is 13.0. The van der Waals surface area contributed by atoms with Gasteiger partial charge in [0.1, 0.15) is 10.0 Å². The van der Waals surface area contributed by atoms with Crippen LogP contribution in [0.3, 0.4) is 0 Å². The van der Waals surface area contributed by atoms with Crippen molar-refractivity contribution in [1.82, 2.24) is 10.2 Å². The summed E-state index contributed by atoms with van der Waals surface area (Å²) in [6, 6.07) is -0.381. The third kappa shape index (κ3) is 3.08. The molecular formula is C13H23N3OS. The van der Waals surface area contributed by atoms with E-state index < -0.39 is 5.60 Å². The van der Waals surface area contributed by atoms with Crippen molar-refractivity contribution in [2.24, 2.45) is 5.73 Å². The van der Waals surface area contributed by atoms with Crippen LogP contribution < -0.4 is 5.73 Å². The number of hydrogen-bond acceptors (Lipinski definition) is 5. The highest BCUT2D eigenvalue weighted by Crippen LogP contribution is 2.36. The van der Waals surface area contributed by atoms with Crippen molar-refractivity contribution < 1.29 is 5.11 Å². The van der Waals surface area contributed by atoms with Gasteiger partial charge in [-0.15, -0.1) is 10.2 Å². The van der Waals surface area contributed by atoms with Crippen LogP contribution in [0, 0.1) is 0 Å². The van der Waals surface area contributed by atoms with Crippen LogP contribution in [0.25, 0.3) is 0 Å². The summed E-state index contributed by atoms with van der Waals surface area (Å²) >= 11 is 1.54. The lowest BCUT2D eigenvalue weighted by molar-refractivity contribution is -0.0112. The van der Waals surface area contributed by atoms with Crippen LogP contribution >= 0.6 is 11.3 Å². The van der Waals surface area contributed by atoms with Crippen molar-refractivity contribution in [3.63, 3.8) is 0 Å². The number of hydrogen-bond donors (Lipinski definition) is 2. The largest absolute Gasteiger partial charge is 0.388 e. The maximum absolute atomic E-state index is 10.8. The molecule has 1 aliphatic carbocycles. The molecule has 1 atom stereocenters. The van der Waals surface area contributed by atoms with Gasteiger partial charge in [-0.25, -0.2) is 0 Å². The Labute approximate surface area is 113 Å². The topological polar surface area (TPSA) is 72.0 Å². The molecule has 2 rings (SSSR count). The summed E-state index contributed by atoms with van der Waals surface area (Å²) in [6.07, 6.45) is 8.25. The number of aromatic nitrogens is 2. The monoisotopic (exact) mass is 269 g/mol. The predicted molar refractivity (Wildman–Crippen MR) is 73.5 cm³/mol. The van der Waals surface area contributed by atoms with Crippen molar-refractivity contribution in [1.29, 1.82) is 0 Å². The third-order valence-corrected chi connectivity index (χ3v) is 5.00.